The van der Waals surface area contributed by atoms with E-state index in [2.05, 4.69) is 31.7 Å². The second-order valence-corrected chi connectivity index (χ2v) is 8.52. The molecule has 34 heavy (non-hydrogen) atoms. The van der Waals surface area contributed by atoms with Gasteiger partial charge in [0, 0.05) is 33.7 Å². The number of halogens is 1. The quantitative estimate of drug-likeness (QED) is 0.297. The van der Waals surface area contributed by atoms with Crippen molar-refractivity contribution in [3.8, 4) is 11.1 Å². The van der Waals surface area contributed by atoms with Crippen LogP contribution in [0.3, 0.4) is 0 Å². The Morgan fingerprint density at radius 1 is 1.00 bits per heavy atom. The lowest BCUT2D eigenvalue weighted by Gasteiger charge is -2.10. The SMILES string of the molecule is O=C(Nc1cc(-c2cccc3[nH]ccc23)cc2[nH]ncc12)c1ccn(Cc2ccc(Cl)cc2)n1. The van der Waals surface area contributed by atoms with Gasteiger partial charge in [0.2, 0.25) is 0 Å². The average molecular weight is 467 g/mol. The average Bonchev–Trinajstić information content (AvgIpc) is 3.60. The van der Waals surface area contributed by atoms with Crippen LogP contribution >= 0.6 is 11.6 Å². The maximum absolute atomic E-state index is 13.1. The number of carbonyl (C=O) groups excluding carboxylic acids is 1. The number of amides is 1. The fraction of sp³-hybridized carbons (Fsp3) is 0.0385. The number of H-pyrrole nitrogens is 2. The minimum Gasteiger partial charge on any atom is -0.361 e. The Morgan fingerprint density at radius 3 is 2.76 bits per heavy atom. The number of nitrogens with one attached hydrogen (secondary N) is 3. The predicted molar refractivity (Wildman–Crippen MR) is 134 cm³/mol. The third-order valence-electron chi connectivity index (χ3n) is 5.84. The Kier molecular flexibility index (Phi) is 4.89. The van der Waals surface area contributed by atoms with E-state index in [4.69, 9.17) is 11.6 Å². The molecule has 1 amide bonds. The number of fused-ring (bicyclic) bond motifs is 2. The normalized spacial score (nSPS) is 11.3. The van der Waals surface area contributed by atoms with Gasteiger partial charge in [-0.2, -0.15) is 10.2 Å². The molecule has 0 radical (unpaired) electrons. The molecule has 0 bridgehead atoms. The van der Waals surface area contributed by atoms with E-state index in [0.29, 0.717) is 22.9 Å². The van der Waals surface area contributed by atoms with Gasteiger partial charge in [0.25, 0.3) is 5.91 Å². The highest BCUT2D eigenvalue weighted by Gasteiger charge is 2.15. The summed E-state index contributed by atoms with van der Waals surface area (Å²) in [5.74, 6) is -0.283. The molecule has 0 atom stereocenters. The van der Waals surface area contributed by atoms with Gasteiger partial charge in [0.1, 0.15) is 0 Å². The molecular formula is C26H19ClN6O. The number of aromatic nitrogens is 5. The van der Waals surface area contributed by atoms with Gasteiger partial charge >= 0.3 is 0 Å². The standard InChI is InChI=1S/C26H19ClN6O/c27-18-6-4-16(5-7-18)15-33-11-9-23(32-33)26(34)30-24-12-17(13-25-21(24)14-29-31-25)19-2-1-3-22-20(19)8-10-28-22/h1-14,28H,15H2,(H,29,31)(H,30,34). The Balaban J connectivity index is 1.30. The summed E-state index contributed by atoms with van der Waals surface area (Å²) >= 11 is 5.96. The number of nitrogens with zero attached hydrogens (tertiary/aromatic N) is 3. The minimum absolute atomic E-state index is 0.283. The highest BCUT2D eigenvalue weighted by atomic mass is 35.5. The van der Waals surface area contributed by atoms with Crippen LogP contribution < -0.4 is 5.32 Å². The number of hydrogen-bond donors (Lipinski definition) is 3. The maximum Gasteiger partial charge on any atom is 0.276 e. The Hall–Kier alpha value is -4.36. The van der Waals surface area contributed by atoms with Crippen LogP contribution in [0.15, 0.2) is 85.3 Å². The summed E-state index contributed by atoms with van der Waals surface area (Å²) in [7, 11) is 0. The monoisotopic (exact) mass is 466 g/mol. The Labute approximate surface area is 199 Å². The van der Waals surface area contributed by atoms with Crippen molar-refractivity contribution >= 4 is 45.0 Å². The fourth-order valence-corrected chi connectivity index (χ4v) is 4.31. The summed E-state index contributed by atoms with van der Waals surface area (Å²) in [6.07, 6.45) is 5.43. The number of hydrogen-bond acceptors (Lipinski definition) is 3. The molecule has 7 nitrogen and oxygen atoms in total. The zero-order chi connectivity index (χ0) is 23.1. The first-order chi connectivity index (χ1) is 16.6. The molecule has 166 valence electrons. The predicted octanol–water partition coefficient (Wildman–Crippen LogP) is 5.86. The maximum atomic E-state index is 13.1. The summed E-state index contributed by atoms with van der Waals surface area (Å²) in [5.41, 5.74) is 6.00. The molecule has 3 aromatic carbocycles. The molecule has 0 aliphatic heterocycles. The lowest BCUT2D eigenvalue weighted by Crippen LogP contribution is -2.14. The first kappa shape index (κ1) is 20.3. The zero-order valence-electron chi connectivity index (χ0n) is 17.9. The number of anilines is 1. The van der Waals surface area contributed by atoms with E-state index in [0.717, 1.165) is 38.5 Å². The van der Waals surface area contributed by atoms with Crippen molar-refractivity contribution in [3.05, 3.63) is 102 Å². The molecule has 3 aromatic heterocycles. The van der Waals surface area contributed by atoms with E-state index in [1.165, 1.54) is 0 Å². The van der Waals surface area contributed by atoms with Crippen LogP contribution in [0, 0.1) is 0 Å². The summed E-state index contributed by atoms with van der Waals surface area (Å²) in [5, 5.41) is 17.3. The molecule has 3 N–H and O–H groups in total. The van der Waals surface area contributed by atoms with Gasteiger partial charge < -0.3 is 10.3 Å². The summed E-state index contributed by atoms with van der Waals surface area (Å²) in [6.45, 7) is 0.548. The summed E-state index contributed by atoms with van der Waals surface area (Å²) < 4.78 is 1.73. The number of aromatic amines is 2. The van der Waals surface area contributed by atoms with Crippen molar-refractivity contribution in [1.29, 1.82) is 0 Å². The molecule has 3 heterocycles. The lowest BCUT2D eigenvalue weighted by molar-refractivity contribution is 0.102. The summed E-state index contributed by atoms with van der Waals surface area (Å²) in [6, 6.07) is 21.5. The largest absolute Gasteiger partial charge is 0.361 e. The molecule has 0 saturated carbocycles. The van der Waals surface area contributed by atoms with E-state index in [1.807, 2.05) is 60.8 Å². The van der Waals surface area contributed by atoms with E-state index >= 15 is 0 Å². The van der Waals surface area contributed by atoms with Gasteiger partial charge in [0.15, 0.2) is 5.69 Å². The second kappa shape index (κ2) is 8.20. The number of benzene rings is 3. The smallest absolute Gasteiger partial charge is 0.276 e. The van der Waals surface area contributed by atoms with Crippen molar-refractivity contribution in [2.45, 2.75) is 6.54 Å². The van der Waals surface area contributed by atoms with Crippen LogP contribution in [0.4, 0.5) is 5.69 Å². The topological polar surface area (TPSA) is 91.4 Å². The number of carbonyl (C=O) groups is 1. The van der Waals surface area contributed by atoms with Crippen LogP contribution in [0.1, 0.15) is 16.1 Å². The second-order valence-electron chi connectivity index (χ2n) is 8.08. The van der Waals surface area contributed by atoms with Gasteiger partial charge in [0.05, 0.1) is 23.9 Å². The third kappa shape index (κ3) is 3.72. The molecule has 8 heteroatoms. The molecule has 0 saturated heterocycles. The van der Waals surface area contributed by atoms with Crippen molar-refractivity contribution in [1.82, 2.24) is 25.0 Å². The molecule has 6 aromatic rings. The molecule has 0 spiro atoms. The van der Waals surface area contributed by atoms with E-state index in [-0.39, 0.29) is 5.91 Å². The van der Waals surface area contributed by atoms with Crippen LogP contribution in [0.5, 0.6) is 0 Å². The highest BCUT2D eigenvalue weighted by molar-refractivity contribution is 6.30. The molecule has 0 aliphatic rings. The molecule has 0 unspecified atom stereocenters. The van der Waals surface area contributed by atoms with Crippen molar-refractivity contribution in [3.63, 3.8) is 0 Å². The van der Waals surface area contributed by atoms with E-state index in [9.17, 15) is 4.79 Å². The van der Waals surface area contributed by atoms with Gasteiger partial charge in [-0.05, 0) is 59.2 Å². The van der Waals surface area contributed by atoms with E-state index in [1.54, 1.807) is 23.1 Å². The van der Waals surface area contributed by atoms with E-state index < -0.39 is 0 Å². The molecular weight excluding hydrogens is 448 g/mol. The van der Waals surface area contributed by atoms with Gasteiger partial charge in [-0.15, -0.1) is 0 Å². The van der Waals surface area contributed by atoms with Gasteiger partial charge in [-0.25, -0.2) is 0 Å². The molecule has 0 aliphatic carbocycles. The highest BCUT2D eigenvalue weighted by Crippen LogP contribution is 2.34. The van der Waals surface area contributed by atoms with Gasteiger partial charge in [-0.1, -0.05) is 35.9 Å². The molecule has 6 rings (SSSR count). The lowest BCUT2D eigenvalue weighted by atomic mass is 9.99. The first-order valence-corrected chi connectivity index (χ1v) is 11.1. The minimum atomic E-state index is -0.283. The van der Waals surface area contributed by atoms with Crippen LogP contribution in [0.2, 0.25) is 5.02 Å². The fourth-order valence-electron chi connectivity index (χ4n) is 4.18. The van der Waals surface area contributed by atoms with Crippen LogP contribution in [-0.2, 0) is 6.54 Å². The van der Waals surface area contributed by atoms with Crippen LogP contribution in [0.25, 0.3) is 32.9 Å². The third-order valence-corrected chi connectivity index (χ3v) is 6.10. The molecule has 0 fully saturated rings. The zero-order valence-corrected chi connectivity index (χ0v) is 18.7. The Bertz CT molecular complexity index is 1640. The van der Waals surface area contributed by atoms with Crippen molar-refractivity contribution in [2.24, 2.45) is 0 Å². The van der Waals surface area contributed by atoms with Crippen molar-refractivity contribution in [2.75, 3.05) is 5.32 Å². The van der Waals surface area contributed by atoms with Gasteiger partial charge in [-0.3, -0.25) is 14.6 Å². The van der Waals surface area contributed by atoms with Crippen LogP contribution in [-0.4, -0.2) is 30.9 Å². The van der Waals surface area contributed by atoms with Crippen molar-refractivity contribution < 1.29 is 4.79 Å². The number of rotatable bonds is 5. The summed E-state index contributed by atoms with van der Waals surface area (Å²) in [4.78, 5) is 16.3. The first-order valence-electron chi connectivity index (χ1n) is 10.8. The Morgan fingerprint density at radius 2 is 1.88 bits per heavy atom.